The van der Waals surface area contributed by atoms with Gasteiger partial charge in [0.2, 0.25) is 5.28 Å². The number of nitrogens with one attached hydrogen (secondary N) is 2. The van der Waals surface area contributed by atoms with Gasteiger partial charge in [0.1, 0.15) is 11.9 Å². The van der Waals surface area contributed by atoms with Gasteiger partial charge in [0.05, 0.1) is 26.1 Å². The van der Waals surface area contributed by atoms with Crippen LogP contribution in [0.1, 0.15) is 5.69 Å². The zero-order valence-electron chi connectivity index (χ0n) is 14.0. The van der Waals surface area contributed by atoms with E-state index in [4.69, 9.17) is 21.1 Å². The van der Waals surface area contributed by atoms with Gasteiger partial charge in [0.15, 0.2) is 11.5 Å². The SMILES string of the molecule is COc1cc2nc(Cl)nc(NC(Cc3cnc[nH]3)C(=O)O)c2cc1OC. The van der Waals surface area contributed by atoms with E-state index in [1.54, 1.807) is 18.3 Å². The Morgan fingerprint density at radius 3 is 2.65 bits per heavy atom. The van der Waals surface area contributed by atoms with Gasteiger partial charge in [-0.15, -0.1) is 0 Å². The molecule has 0 amide bonds. The summed E-state index contributed by atoms with van der Waals surface area (Å²) in [6, 6.07) is 2.37. The van der Waals surface area contributed by atoms with Gasteiger partial charge in [-0.3, -0.25) is 0 Å². The third-order valence-corrected chi connectivity index (χ3v) is 3.93. The standard InChI is InChI=1S/C16H16ClN5O4/c1-25-12-4-9-10(5-13(12)26-2)21-16(17)22-14(9)20-11(15(23)24)3-8-6-18-7-19-8/h4-7,11H,3H2,1-2H3,(H,18,19)(H,23,24)(H,20,21,22). The Labute approximate surface area is 153 Å². The first-order valence-electron chi connectivity index (χ1n) is 7.57. The van der Waals surface area contributed by atoms with Gasteiger partial charge in [-0.25, -0.2) is 19.7 Å². The van der Waals surface area contributed by atoms with Crippen molar-refractivity contribution >= 4 is 34.3 Å². The van der Waals surface area contributed by atoms with Crippen LogP contribution >= 0.6 is 11.6 Å². The molecule has 3 rings (SSSR count). The van der Waals surface area contributed by atoms with Crippen LogP contribution in [-0.2, 0) is 11.2 Å². The van der Waals surface area contributed by atoms with Crippen LogP contribution in [0.2, 0.25) is 5.28 Å². The summed E-state index contributed by atoms with van der Waals surface area (Å²) in [5.41, 5.74) is 1.17. The van der Waals surface area contributed by atoms with Gasteiger partial charge in [0, 0.05) is 29.8 Å². The summed E-state index contributed by atoms with van der Waals surface area (Å²) in [6.07, 6.45) is 3.24. The number of hydrogen-bond acceptors (Lipinski definition) is 7. The lowest BCUT2D eigenvalue weighted by Crippen LogP contribution is -2.32. The number of nitrogens with zero attached hydrogens (tertiary/aromatic N) is 3. The molecule has 3 aromatic rings. The van der Waals surface area contributed by atoms with E-state index in [-0.39, 0.29) is 17.5 Å². The quantitative estimate of drug-likeness (QED) is 0.535. The van der Waals surface area contributed by atoms with Crippen LogP contribution in [0.4, 0.5) is 5.82 Å². The lowest BCUT2D eigenvalue weighted by atomic mass is 10.1. The molecule has 0 aliphatic rings. The van der Waals surface area contributed by atoms with Gasteiger partial charge in [0.25, 0.3) is 0 Å². The van der Waals surface area contributed by atoms with E-state index in [9.17, 15) is 9.90 Å². The lowest BCUT2D eigenvalue weighted by molar-refractivity contribution is -0.137. The summed E-state index contributed by atoms with van der Waals surface area (Å²) in [5.74, 6) is 0.193. The van der Waals surface area contributed by atoms with Gasteiger partial charge in [-0.05, 0) is 17.7 Å². The Morgan fingerprint density at radius 1 is 1.31 bits per heavy atom. The number of anilines is 1. The van der Waals surface area contributed by atoms with Crippen LogP contribution in [0.3, 0.4) is 0 Å². The maximum Gasteiger partial charge on any atom is 0.326 e. The number of aromatic nitrogens is 4. The van der Waals surface area contributed by atoms with Gasteiger partial charge in [-0.2, -0.15) is 0 Å². The number of aliphatic carboxylic acids is 1. The molecule has 0 saturated heterocycles. The highest BCUT2D eigenvalue weighted by Crippen LogP contribution is 2.34. The first-order valence-corrected chi connectivity index (χ1v) is 7.95. The monoisotopic (exact) mass is 377 g/mol. The number of carboxylic acid groups (broad SMARTS) is 1. The molecule has 10 heteroatoms. The molecule has 2 heterocycles. The summed E-state index contributed by atoms with van der Waals surface area (Å²) in [6.45, 7) is 0. The number of carboxylic acids is 1. The van der Waals surface area contributed by atoms with Crippen molar-refractivity contribution in [3.05, 3.63) is 35.6 Å². The van der Waals surface area contributed by atoms with Crippen molar-refractivity contribution in [2.24, 2.45) is 0 Å². The van der Waals surface area contributed by atoms with Crippen molar-refractivity contribution < 1.29 is 19.4 Å². The third kappa shape index (κ3) is 3.62. The van der Waals surface area contributed by atoms with E-state index in [1.807, 2.05) is 0 Å². The number of carbonyl (C=O) groups is 1. The van der Waals surface area contributed by atoms with Crippen LogP contribution in [0, 0.1) is 0 Å². The molecular weight excluding hydrogens is 362 g/mol. The van der Waals surface area contributed by atoms with E-state index < -0.39 is 12.0 Å². The number of ether oxygens (including phenoxy) is 2. The van der Waals surface area contributed by atoms with E-state index in [0.29, 0.717) is 28.1 Å². The second-order valence-corrected chi connectivity index (χ2v) is 5.72. The zero-order chi connectivity index (χ0) is 18.7. The molecule has 0 radical (unpaired) electrons. The molecule has 0 spiro atoms. The fourth-order valence-electron chi connectivity index (χ4n) is 2.52. The maximum atomic E-state index is 11.7. The molecule has 0 aliphatic heterocycles. The zero-order valence-corrected chi connectivity index (χ0v) is 14.7. The largest absolute Gasteiger partial charge is 0.493 e. The fourth-order valence-corrected chi connectivity index (χ4v) is 2.69. The van der Waals surface area contributed by atoms with Crippen molar-refractivity contribution in [3.8, 4) is 11.5 Å². The van der Waals surface area contributed by atoms with Crippen molar-refractivity contribution in [3.63, 3.8) is 0 Å². The van der Waals surface area contributed by atoms with Gasteiger partial charge >= 0.3 is 5.97 Å². The Bertz CT molecular complexity index is 932. The summed E-state index contributed by atoms with van der Waals surface area (Å²) < 4.78 is 10.6. The normalized spacial score (nSPS) is 12.0. The number of fused-ring (bicyclic) bond motifs is 1. The molecule has 1 unspecified atom stereocenters. The molecule has 26 heavy (non-hydrogen) atoms. The predicted molar refractivity (Wildman–Crippen MR) is 95.0 cm³/mol. The molecule has 9 nitrogen and oxygen atoms in total. The number of imidazole rings is 1. The fraction of sp³-hybridized carbons (Fsp3) is 0.250. The highest BCUT2D eigenvalue weighted by Gasteiger charge is 2.21. The van der Waals surface area contributed by atoms with E-state index in [0.717, 1.165) is 0 Å². The van der Waals surface area contributed by atoms with Crippen molar-refractivity contribution in [1.29, 1.82) is 0 Å². The summed E-state index contributed by atoms with van der Waals surface area (Å²) in [7, 11) is 3.02. The summed E-state index contributed by atoms with van der Waals surface area (Å²) >= 11 is 6.00. The molecule has 1 aromatic carbocycles. The number of hydrogen-bond donors (Lipinski definition) is 3. The average Bonchev–Trinajstić information content (AvgIpc) is 3.12. The molecule has 3 N–H and O–H groups in total. The minimum absolute atomic E-state index is 0.0158. The predicted octanol–water partition coefficient (Wildman–Crippen LogP) is 2.13. The molecule has 0 bridgehead atoms. The van der Waals surface area contributed by atoms with Crippen LogP contribution < -0.4 is 14.8 Å². The number of rotatable bonds is 7. The van der Waals surface area contributed by atoms with Gasteiger partial charge < -0.3 is 24.9 Å². The van der Waals surface area contributed by atoms with Crippen molar-refractivity contribution in [1.82, 2.24) is 19.9 Å². The van der Waals surface area contributed by atoms with Crippen LogP contribution in [0.5, 0.6) is 11.5 Å². The molecule has 0 aliphatic carbocycles. The topological polar surface area (TPSA) is 122 Å². The number of methoxy groups -OCH3 is 2. The molecule has 1 atom stereocenters. The average molecular weight is 378 g/mol. The Kier molecular flexibility index (Phi) is 5.08. The molecule has 2 aromatic heterocycles. The minimum atomic E-state index is -1.04. The molecule has 136 valence electrons. The summed E-state index contributed by atoms with van der Waals surface area (Å²) in [4.78, 5) is 26.7. The Hall–Kier alpha value is -3.07. The maximum absolute atomic E-state index is 11.7. The van der Waals surface area contributed by atoms with Crippen LogP contribution in [0.15, 0.2) is 24.7 Å². The molecular formula is C16H16ClN5O4. The highest BCUT2D eigenvalue weighted by atomic mass is 35.5. The molecule has 0 fully saturated rings. The number of benzene rings is 1. The van der Waals surface area contributed by atoms with Gasteiger partial charge in [-0.1, -0.05) is 0 Å². The lowest BCUT2D eigenvalue weighted by Gasteiger charge is -2.17. The number of halogens is 1. The van der Waals surface area contributed by atoms with E-state index in [2.05, 4.69) is 25.3 Å². The Morgan fingerprint density at radius 2 is 2.04 bits per heavy atom. The van der Waals surface area contributed by atoms with E-state index >= 15 is 0 Å². The van der Waals surface area contributed by atoms with Crippen molar-refractivity contribution in [2.75, 3.05) is 19.5 Å². The second kappa shape index (κ2) is 7.44. The second-order valence-electron chi connectivity index (χ2n) is 5.38. The third-order valence-electron chi connectivity index (χ3n) is 3.76. The van der Waals surface area contributed by atoms with Crippen LogP contribution in [0.25, 0.3) is 10.9 Å². The minimum Gasteiger partial charge on any atom is -0.493 e. The Balaban J connectivity index is 2.03. The first-order chi connectivity index (χ1) is 12.5. The first kappa shape index (κ1) is 17.7. The smallest absolute Gasteiger partial charge is 0.326 e. The van der Waals surface area contributed by atoms with Crippen molar-refractivity contribution in [2.45, 2.75) is 12.5 Å². The number of H-pyrrole nitrogens is 1. The summed E-state index contributed by atoms with van der Waals surface area (Å²) in [5, 5.41) is 13.0. The highest BCUT2D eigenvalue weighted by molar-refractivity contribution is 6.28. The van der Waals surface area contributed by atoms with E-state index in [1.165, 1.54) is 20.5 Å². The van der Waals surface area contributed by atoms with Crippen LogP contribution in [-0.4, -0.2) is 51.3 Å². The number of aromatic amines is 1. The molecule has 0 saturated carbocycles.